The summed E-state index contributed by atoms with van der Waals surface area (Å²) in [4.78, 5) is 0. The topological polar surface area (TPSA) is 0 Å². The summed E-state index contributed by atoms with van der Waals surface area (Å²) >= 11 is 0. The lowest BCUT2D eigenvalue weighted by molar-refractivity contribution is 0.913. The zero-order valence-corrected chi connectivity index (χ0v) is 15.2. The summed E-state index contributed by atoms with van der Waals surface area (Å²) in [6, 6.07) is 22.4. The molecule has 0 fully saturated rings. The highest BCUT2D eigenvalue weighted by atomic mass is 14.2. The van der Waals surface area contributed by atoms with Gasteiger partial charge in [-0.2, -0.15) is 0 Å². The molecular formula is C24H26. The van der Waals surface area contributed by atoms with Gasteiger partial charge in [-0.1, -0.05) is 85.1 Å². The summed E-state index contributed by atoms with van der Waals surface area (Å²) in [6.45, 7) is 8.81. The van der Waals surface area contributed by atoms with Gasteiger partial charge in [0.1, 0.15) is 0 Å². The van der Waals surface area contributed by atoms with Gasteiger partial charge < -0.3 is 0 Å². The fourth-order valence-electron chi connectivity index (χ4n) is 3.36. The molecule has 0 heterocycles. The molecule has 24 heavy (non-hydrogen) atoms. The largest absolute Gasteiger partial charge is 0.0651 e. The number of rotatable bonds is 4. The fourth-order valence-corrected chi connectivity index (χ4v) is 3.36. The molecule has 0 aliphatic rings. The first-order chi connectivity index (χ1) is 11.6. The lowest BCUT2D eigenvalue weighted by Gasteiger charge is -2.17. The highest BCUT2D eigenvalue weighted by Crippen LogP contribution is 2.37. The molecule has 0 heteroatoms. The third-order valence-corrected chi connectivity index (χ3v) is 4.80. The van der Waals surface area contributed by atoms with Gasteiger partial charge in [-0.3, -0.25) is 0 Å². The second kappa shape index (κ2) is 7.05. The average Bonchev–Trinajstić information content (AvgIpc) is 2.58. The second-order valence-corrected chi connectivity index (χ2v) is 6.75. The van der Waals surface area contributed by atoms with Crippen molar-refractivity contribution in [2.45, 2.75) is 40.5 Å². The molecule has 0 unspecified atom stereocenters. The summed E-state index contributed by atoms with van der Waals surface area (Å²) < 4.78 is 0. The minimum absolute atomic E-state index is 1.14. The van der Waals surface area contributed by atoms with Crippen LogP contribution in [0.5, 0.6) is 0 Å². The average molecular weight is 314 g/mol. The normalized spacial score (nSPS) is 10.8. The van der Waals surface area contributed by atoms with Gasteiger partial charge in [0.2, 0.25) is 0 Å². The van der Waals surface area contributed by atoms with Crippen LogP contribution >= 0.6 is 0 Å². The molecule has 0 saturated heterocycles. The SMILES string of the molecule is CCCc1ccc(-c2ccc(C)cc2)c(-c2ccc(C)cc2)c1C. The Bertz CT molecular complexity index is 821. The second-order valence-electron chi connectivity index (χ2n) is 6.75. The Morgan fingerprint density at radius 2 is 1.17 bits per heavy atom. The maximum absolute atomic E-state index is 2.31. The van der Waals surface area contributed by atoms with Crippen molar-refractivity contribution in [3.63, 3.8) is 0 Å². The van der Waals surface area contributed by atoms with E-state index in [0.717, 1.165) is 6.42 Å². The quantitative estimate of drug-likeness (QED) is 0.491. The van der Waals surface area contributed by atoms with Crippen LogP contribution in [0.25, 0.3) is 22.3 Å². The van der Waals surface area contributed by atoms with Crippen molar-refractivity contribution in [2.75, 3.05) is 0 Å². The third-order valence-electron chi connectivity index (χ3n) is 4.80. The lowest BCUT2D eigenvalue weighted by Crippen LogP contribution is -1.96. The molecule has 0 amide bonds. The smallest absolute Gasteiger partial charge is 0.00734 e. The van der Waals surface area contributed by atoms with Gasteiger partial charge in [0, 0.05) is 0 Å². The van der Waals surface area contributed by atoms with Crippen LogP contribution in [0.1, 0.15) is 35.6 Å². The van der Waals surface area contributed by atoms with Gasteiger partial charge in [0.25, 0.3) is 0 Å². The van der Waals surface area contributed by atoms with E-state index in [1.165, 1.54) is 50.9 Å². The number of benzene rings is 3. The van der Waals surface area contributed by atoms with E-state index in [9.17, 15) is 0 Å². The van der Waals surface area contributed by atoms with Gasteiger partial charge >= 0.3 is 0 Å². The highest BCUT2D eigenvalue weighted by Gasteiger charge is 2.13. The molecule has 0 aromatic heterocycles. The van der Waals surface area contributed by atoms with Gasteiger partial charge in [-0.25, -0.2) is 0 Å². The third kappa shape index (κ3) is 3.28. The van der Waals surface area contributed by atoms with Crippen molar-refractivity contribution >= 4 is 0 Å². The van der Waals surface area contributed by atoms with Crippen LogP contribution in [-0.2, 0) is 6.42 Å². The van der Waals surface area contributed by atoms with E-state index in [1.54, 1.807) is 0 Å². The van der Waals surface area contributed by atoms with Gasteiger partial charge in [0.15, 0.2) is 0 Å². The summed E-state index contributed by atoms with van der Waals surface area (Å²) in [5.41, 5.74) is 10.8. The van der Waals surface area contributed by atoms with E-state index in [0.29, 0.717) is 0 Å². The fraction of sp³-hybridized carbons (Fsp3) is 0.250. The van der Waals surface area contributed by atoms with Crippen LogP contribution in [0, 0.1) is 20.8 Å². The van der Waals surface area contributed by atoms with E-state index in [-0.39, 0.29) is 0 Å². The van der Waals surface area contributed by atoms with Crippen LogP contribution in [0.2, 0.25) is 0 Å². The molecule has 0 aliphatic carbocycles. The van der Waals surface area contributed by atoms with Crippen LogP contribution in [0.4, 0.5) is 0 Å². The summed E-state index contributed by atoms with van der Waals surface area (Å²) in [5.74, 6) is 0. The monoisotopic (exact) mass is 314 g/mol. The van der Waals surface area contributed by atoms with E-state index in [1.807, 2.05) is 0 Å². The Labute approximate surface area is 146 Å². The maximum Gasteiger partial charge on any atom is -0.00734 e. The van der Waals surface area contributed by atoms with Crippen molar-refractivity contribution < 1.29 is 0 Å². The van der Waals surface area contributed by atoms with Crippen molar-refractivity contribution in [3.05, 3.63) is 82.9 Å². The van der Waals surface area contributed by atoms with E-state index in [4.69, 9.17) is 0 Å². The summed E-state index contributed by atoms with van der Waals surface area (Å²) in [5, 5.41) is 0. The molecule has 3 aromatic rings. The number of hydrogen-bond acceptors (Lipinski definition) is 0. The Hall–Kier alpha value is -2.34. The molecule has 0 bridgehead atoms. The predicted molar refractivity (Wildman–Crippen MR) is 106 cm³/mol. The van der Waals surface area contributed by atoms with Gasteiger partial charge in [-0.15, -0.1) is 0 Å². The molecule has 0 spiro atoms. The van der Waals surface area contributed by atoms with Crippen molar-refractivity contribution in [1.82, 2.24) is 0 Å². The first-order valence-corrected chi connectivity index (χ1v) is 8.86. The van der Waals surface area contributed by atoms with Gasteiger partial charge in [0.05, 0.1) is 0 Å². The first-order valence-electron chi connectivity index (χ1n) is 8.86. The molecule has 122 valence electrons. The Balaban J connectivity index is 2.23. The molecule has 0 saturated carbocycles. The van der Waals surface area contributed by atoms with Crippen molar-refractivity contribution in [2.24, 2.45) is 0 Å². The minimum atomic E-state index is 1.14. The molecule has 0 nitrogen and oxygen atoms in total. The molecule has 3 rings (SSSR count). The van der Waals surface area contributed by atoms with E-state index < -0.39 is 0 Å². The molecule has 0 atom stereocenters. The van der Waals surface area contributed by atoms with Crippen LogP contribution in [-0.4, -0.2) is 0 Å². The Kier molecular flexibility index (Phi) is 4.85. The maximum atomic E-state index is 2.31. The van der Waals surface area contributed by atoms with Crippen molar-refractivity contribution in [1.29, 1.82) is 0 Å². The van der Waals surface area contributed by atoms with Crippen LogP contribution in [0.15, 0.2) is 60.7 Å². The molecule has 3 aromatic carbocycles. The van der Waals surface area contributed by atoms with Crippen LogP contribution < -0.4 is 0 Å². The van der Waals surface area contributed by atoms with E-state index in [2.05, 4.69) is 88.4 Å². The Morgan fingerprint density at radius 3 is 1.71 bits per heavy atom. The zero-order chi connectivity index (χ0) is 17.1. The molecule has 0 radical (unpaired) electrons. The summed E-state index contributed by atoms with van der Waals surface area (Å²) in [6.07, 6.45) is 2.32. The molecule has 0 aliphatic heterocycles. The summed E-state index contributed by atoms with van der Waals surface area (Å²) in [7, 11) is 0. The van der Waals surface area contributed by atoms with Gasteiger partial charge in [-0.05, 0) is 60.6 Å². The Morgan fingerprint density at radius 1 is 0.625 bits per heavy atom. The minimum Gasteiger partial charge on any atom is -0.0651 e. The standard InChI is InChI=1S/C24H26/c1-5-6-20-15-16-23(21-11-7-17(2)8-12-21)24(19(20)4)22-13-9-18(3)10-14-22/h7-16H,5-6H2,1-4H3. The molecular weight excluding hydrogens is 288 g/mol. The lowest BCUT2D eigenvalue weighted by atomic mass is 9.87. The molecule has 0 N–H and O–H groups in total. The zero-order valence-electron chi connectivity index (χ0n) is 15.2. The highest BCUT2D eigenvalue weighted by molar-refractivity contribution is 5.86. The number of aryl methyl sites for hydroxylation is 3. The number of hydrogen-bond donors (Lipinski definition) is 0. The first kappa shape index (κ1) is 16.5. The van der Waals surface area contributed by atoms with E-state index >= 15 is 0 Å². The predicted octanol–water partition coefficient (Wildman–Crippen LogP) is 6.90. The van der Waals surface area contributed by atoms with Crippen molar-refractivity contribution in [3.8, 4) is 22.3 Å². The van der Waals surface area contributed by atoms with Crippen LogP contribution in [0.3, 0.4) is 0 Å².